The van der Waals surface area contributed by atoms with Crippen molar-refractivity contribution in [2.75, 3.05) is 18.9 Å². The van der Waals surface area contributed by atoms with Crippen LogP contribution in [0.4, 0.5) is 5.69 Å². The van der Waals surface area contributed by atoms with Crippen molar-refractivity contribution < 1.29 is 10.0 Å². The maximum Gasteiger partial charge on any atom is 0.278 e. The molecule has 0 atom stereocenters. The van der Waals surface area contributed by atoms with Crippen LogP contribution < -0.4 is 5.32 Å². The van der Waals surface area contributed by atoms with Gasteiger partial charge in [0.1, 0.15) is 0 Å². The molecule has 1 aromatic heterocycles. The van der Waals surface area contributed by atoms with Crippen molar-refractivity contribution in [1.82, 2.24) is 9.88 Å². The Balaban J connectivity index is 2.00. The zero-order valence-corrected chi connectivity index (χ0v) is 12.7. The van der Waals surface area contributed by atoms with Gasteiger partial charge in [0.05, 0.1) is 5.69 Å². The van der Waals surface area contributed by atoms with Gasteiger partial charge in [0.15, 0.2) is 5.71 Å². The molecule has 0 radical (unpaired) electrons. The second-order valence-corrected chi connectivity index (χ2v) is 5.94. The van der Waals surface area contributed by atoms with Crippen molar-refractivity contribution in [2.24, 2.45) is 5.16 Å². The summed E-state index contributed by atoms with van der Waals surface area (Å²) >= 11 is 0. The second kappa shape index (κ2) is 5.17. The number of aromatic nitrogens is 1. The van der Waals surface area contributed by atoms with Crippen LogP contribution in [0.15, 0.2) is 35.7 Å². The average Bonchev–Trinajstić information content (AvgIpc) is 2.90. The molecule has 2 N–H and O–H groups in total. The number of anilines is 1. The van der Waals surface area contributed by atoms with E-state index >= 15 is 0 Å². The van der Waals surface area contributed by atoms with Gasteiger partial charge in [-0.1, -0.05) is 11.2 Å². The summed E-state index contributed by atoms with van der Waals surface area (Å²) in [6.07, 6.45) is 4.47. The third kappa shape index (κ3) is 2.10. The fraction of sp³-hybridized carbons (Fsp3) is 0.235. The molecule has 0 fully saturated rings. The number of oxime groups is 1. The number of benzene rings is 1. The van der Waals surface area contributed by atoms with Gasteiger partial charge in [-0.25, -0.2) is 0 Å². The van der Waals surface area contributed by atoms with Gasteiger partial charge in [-0.15, -0.1) is 0 Å². The van der Waals surface area contributed by atoms with Crippen LogP contribution in [0.1, 0.15) is 16.7 Å². The predicted octanol–water partition coefficient (Wildman–Crippen LogP) is 1.87. The molecule has 2 aliphatic rings. The lowest BCUT2D eigenvalue weighted by Crippen LogP contribution is -2.27. The number of nitrogens with zero attached hydrogens (tertiary/aromatic N) is 3. The molecule has 1 amide bonds. The Morgan fingerprint density at radius 3 is 2.96 bits per heavy atom. The van der Waals surface area contributed by atoms with Crippen LogP contribution in [0.3, 0.4) is 0 Å². The molecule has 4 rings (SSSR count). The summed E-state index contributed by atoms with van der Waals surface area (Å²) in [6.45, 7) is 1.72. The molecule has 2 aromatic rings. The zero-order chi connectivity index (χ0) is 16.0. The third-order valence-electron chi connectivity index (χ3n) is 4.50. The number of rotatable bonds is 1. The minimum atomic E-state index is -0.360. The summed E-state index contributed by atoms with van der Waals surface area (Å²) in [4.78, 5) is 18.5. The number of nitrogens with one attached hydrogen (secondary N) is 1. The van der Waals surface area contributed by atoms with E-state index < -0.39 is 0 Å². The smallest absolute Gasteiger partial charge is 0.278 e. The number of carbonyl (C=O) groups is 1. The molecule has 0 spiro atoms. The maximum atomic E-state index is 12.0. The minimum Gasteiger partial charge on any atom is -0.410 e. The molecule has 0 aliphatic carbocycles. The van der Waals surface area contributed by atoms with Crippen molar-refractivity contribution in [3.63, 3.8) is 0 Å². The molecular weight excluding hydrogens is 292 g/mol. The summed E-state index contributed by atoms with van der Waals surface area (Å²) < 4.78 is 0. The lowest BCUT2D eigenvalue weighted by atomic mass is 9.87. The number of hydrogen-bond acceptors (Lipinski definition) is 5. The maximum absolute atomic E-state index is 12.0. The van der Waals surface area contributed by atoms with E-state index in [9.17, 15) is 10.0 Å². The monoisotopic (exact) mass is 308 g/mol. The van der Waals surface area contributed by atoms with Crippen LogP contribution in [-0.2, 0) is 17.8 Å². The van der Waals surface area contributed by atoms with E-state index in [4.69, 9.17) is 0 Å². The van der Waals surface area contributed by atoms with Gasteiger partial charge in [0.2, 0.25) is 0 Å². The number of carbonyl (C=O) groups excluding carboxylic acids is 1. The Hall–Kier alpha value is -2.73. The van der Waals surface area contributed by atoms with Crippen LogP contribution in [0.2, 0.25) is 0 Å². The first-order valence-corrected chi connectivity index (χ1v) is 7.50. The first-order chi connectivity index (χ1) is 11.2. The Morgan fingerprint density at radius 1 is 1.35 bits per heavy atom. The molecule has 6 heteroatoms. The molecule has 0 unspecified atom stereocenters. The van der Waals surface area contributed by atoms with E-state index in [1.165, 1.54) is 5.56 Å². The molecule has 0 saturated carbocycles. The van der Waals surface area contributed by atoms with Gasteiger partial charge in [-0.2, -0.15) is 0 Å². The average molecular weight is 308 g/mol. The molecule has 116 valence electrons. The quantitative estimate of drug-likeness (QED) is 0.623. The second-order valence-electron chi connectivity index (χ2n) is 5.94. The van der Waals surface area contributed by atoms with Crippen molar-refractivity contribution in [3.8, 4) is 11.1 Å². The Bertz CT molecular complexity index is 830. The van der Waals surface area contributed by atoms with Crippen molar-refractivity contribution in [2.45, 2.75) is 13.0 Å². The SMILES string of the molecule is CN1CCc2c(-c3cccnc3)cc3c(c2C1)NC(=O)/C3=N/O. The molecule has 0 bridgehead atoms. The van der Waals surface area contributed by atoms with E-state index in [0.29, 0.717) is 5.56 Å². The molecular formula is C17H16N4O2. The van der Waals surface area contributed by atoms with Crippen LogP contribution in [0.5, 0.6) is 0 Å². The number of pyridine rings is 1. The van der Waals surface area contributed by atoms with Crippen LogP contribution in [-0.4, -0.2) is 40.3 Å². The third-order valence-corrected chi connectivity index (χ3v) is 4.50. The Kier molecular flexibility index (Phi) is 3.12. The van der Waals surface area contributed by atoms with Gasteiger partial charge in [-0.3, -0.25) is 9.78 Å². The van der Waals surface area contributed by atoms with Gasteiger partial charge >= 0.3 is 0 Å². The standard InChI is InChI=1S/C17H16N4O2/c1-21-6-4-11-12(10-3-2-5-18-8-10)7-13-15(14(11)9-21)19-17(22)16(13)20-23/h2-3,5,7-8,23H,4,6,9H2,1H3,(H,19,20,22). The molecule has 0 saturated heterocycles. The summed E-state index contributed by atoms with van der Waals surface area (Å²) in [5.74, 6) is -0.360. The Morgan fingerprint density at radius 2 is 2.22 bits per heavy atom. The molecule has 2 aliphatic heterocycles. The Labute approximate surface area is 133 Å². The summed E-state index contributed by atoms with van der Waals surface area (Å²) in [7, 11) is 2.06. The minimum absolute atomic E-state index is 0.0705. The molecule has 23 heavy (non-hydrogen) atoms. The van der Waals surface area contributed by atoms with Crippen LogP contribution in [0, 0.1) is 0 Å². The largest absolute Gasteiger partial charge is 0.410 e. The lowest BCUT2D eigenvalue weighted by Gasteiger charge is -2.28. The van der Waals surface area contributed by atoms with E-state index in [2.05, 4.69) is 27.4 Å². The van der Waals surface area contributed by atoms with Gasteiger partial charge < -0.3 is 15.4 Å². The number of amides is 1. The normalized spacial score (nSPS) is 18.7. The molecule has 6 nitrogen and oxygen atoms in total. The number of fused-ring (bicyclic) bond motifs is 3. The van der Waals surface area contributed by atoms with E-state index in [-0.39, 0.29) is 11.6 Å². The van der Waals surface area contributed by atoms with E-state index in [1.54, 1.807) is 6.20 Å². The van der Waals surface area contributed by atoms with E-state index in [0.717, 1.165) is 41.9 Å². The predicted molar refractivity (Wildman–Crippen MR) is 86.7 cm³/mol. The fourth-order valence-corrected chi connectivity index (χ4v) is 3.39. The highest BCUT2D eigenvalue weighted by Crippen LogP contribution is 2.39. The fourth-order valence-electron chi connectivity index (χ4n) is 3.39. The topological polar surface area (TPSA) is 77.8 Å². The van der Waals surface area contributed by atoms with Crippen molar-refractivity contribution in [3.05, 3.63) is 47.3 Å². The summed E-state index contributed by atoms with van der Waals surface area (Å²) in [6, 6.07) is 5.84. The summed E-state index contributed by atoms with van der Waals surface area (Å²) in [5, 5.41) is 15.2. The highest BCUT2D eigenvalue weighted by atomic mass is 16.4. The van der Waals surface area contributed by atoms with Gasteiger partial charge in [0.25, 0.3) is 5.91 Å². The zero-order valence-electron chi connectivity index (χ0n) is 12.7. The van der Waals surface area contributed by atoms with Crippen LogP contribution >= 0.6 is 0 Å². The van der Waals surface area contributed by atoms with Crippen LogP contribution in [0.25, 0.3) is 11.1 Å². The first kappa shape index (κ1) is 13.9. The van der Waals surface area contributed by atoms with Crippen molar-refractivity contribution in [1.29, 1.82) is 0 Å². The first-order valence-electron chi connectivity index (χ1n) is 7.50. The summed E-state index contributed by atoms with van der Waals surface area (Å²) in [5.41, 5.74) is 5.89. The lowest BCUT2D eigenvalue weighted by molar-refractivity contribution is -0.110. The number of likely N-dealkylation sites (N-methyl/N-ethyl adjacent to an activating group) is 1. The van der Waals surface area contributed by atoms with Crippen molar-refractivity contribution >= 4 is 17.3 Å². The molecule has 3 heterocycles. The number of hydrogen-bond donors (Lipinski definition) is 2. The molecule has 1 aromatic carbocycles. The highest BCUT2D eigenvalue weighted by molar-refractivity contribution is 6.54. The van der Waals surface area contributed by atoms with Gasteiger partial charge in [-0.05, 0) is 42.3 Å². The van der Waals surface area contributed by atoms with E-state index in [1.807, 2.05) is 24.4 Å². The highest BCUT2D eigenvalue weighted by Gasteiger charge is 2.33. The van der Waals surface area contributed by atoms with Gasteiger partial charge in [0, 0.05) is 36.6 Å².